The highest BCUT2D eigenvalue weighted by molar-refractivity contribution is 7.91. The number of benzene rings is 1. The van der Waals surface area contributed by atoms with Crippen molar-refractivity contribution < 1.29 is 51.0 Å². The van der Waals surface area contributed by atoms with Crippen molar-refractivity contribution in [2.45, 2.75) is 94.2 Å². The molecule has 1 saturated heterocycles. The summed E-state index contributed by atoms with van der Waals surface area (Å²) in [7, 11) is -3.94. The first-order valence-electron chi connectivity index (χ1n) is 17.5. The molecular formula is C35H43F2N5O9S. The molecule has 2 aliphatic carbocycles. The van der Waals surface area contributed by atoms with E-state index in [0.717, 1.165) is 0 Å². The molecule has 6 rings (SSSR count). The fraction of sp³-hybridized carbons (Fsp3) is 0.571. The van der Waals surface area contributed by atoms with E-state index in [1.807, 2.05) is 19.1 Å². The van der Waals surface area contributed by atoms with Gasteiger partial charge < -0.3 is 30.1 Å². The number of alkyl halides is 2. The van der Waals surface area contributed by atoms with E-state index >= 15 is 0 Å². The van der Waals surface area contributed by atoms with Crippen LogP contribution in [0.4, 0.5) is 13.6 Å². The third kappa shape index (κ3) is 8.08. The number of amides is 4. The van der Waals surface area contributed by atoms with Gasteiger partial charge in [0.25, 0.3) is 12.3 Å². The third-order valence-electron chi connectivity index (χ3n) is 10.3. The molecule has 282 valence electrons. The lowest BCUT2D eigenvalue weighted by atomic mass is 9.88. The molecule has 1 aromatic heterocycles. The van der Waals surface area contributed by atoms with Crippen molar-refractivity contribution in [2.75, 3.05) is 13.2 Å². The fourth-order valence-corrected chi connectivity index (χ4v) is 8.66. The number of hydrogen-bond donors (Lipinski definition) is 4. The molecule has 0 unspecified atom stereocenters. The summed E-state index contributed by atoms with van der Waals surface area (Å²) < 4.78 is 65.1. The second-order valence-corrected chi connectivity index (χ2v) is 16.3. The molecule has 2 aliphatic heterocycles. The van der Waals surface area contributed by atoms with Gasteiger partial charge in [0.2, 0.25) is 27.7 Å². The zero-order chi connectivity index (χ0) is 37.4. The molecule has 7 atom stereocenters. The van der Waals surface area contributed by atoms with E-state index in [1.54, 1.807) is 31.2 Å². The van der Waals surface area contributed by atoms with Crippen molar-refractivity contribution in [1.29, 1.82) is 0 Å². The highest BCUT2D eigenvalue weighted by Gasteiger charge is 2.62. The highest BCUT2D eigenvalue weighted by Crippen LogP contribution is 2.46. The normalized spacial score (nSPS) is 29.7. The maximum absolute atomic E-state index is 14.3. The molecule has 0 radical (unpaired) electrons. The van der Waals surface area contributed by atoms with Crippen LogP contribution >= 0.6 is 0 Å². The minimum absolute atomic E-state index is 0.0830. The molecule has 4 amide bonds. The number of hydrogen-bond acceptors (Lipinski definition) is 9. The topological polar surface area (TPSA) is 193 Å². The van der Waals surface area contributed by atoms with Crippen molar-refractivity contribution >= 4 is 44.6 Å². The summed E-state index contributed by atoms with van der Waals surface area (Å²) in [5, 5.41) is 15.1. The Morgan fingerprint density at radius 1 is 1.13 bits per heavy atom. The number of rotatable bonds is 9. The number of allylic oxidation sites excluding steroid dienone is 1. The lowest BCUT2D eigenvalue weighted by molar-refractivity contribution is -0.142. The molecule has 17 heteroatoms. The Kier molecular flexibility index (Phi) is 10.6. The molecule has 3 heterocycles. The molecule has 0 bridgehead atoms. The number of nitrogens with zero attached hydrogens (tertiary/aromatic N) is 2. The predicted octanol–water partition coefficient (Wildman–Crippen LogP) is 3.36. The van der Waals surface area contributed by atoms with Crippen molar-refractivity contribution in [3.05, 3.63) is 42.6 Å². The SMILES string of the molecule is C[C@H]1CCC=C[C@@H]2C[C@@]2(C(=O)NS(=O)(=O)C2CC2)NC(=O)[C@@H]2C[C@@H](Oc3ncc(OCC(F)F)c4ccccc34)CN2C(=O)[C@@H](NC(=O)O)[C@H](C)C1. The summed E-state index contributed by atoms with van der Waals surface area (Å²) in [5.74, 6) is -2.90. The van der Waals surface area contributed by atoms with Gasteiger partial charge in [-0.2, -0.15) is 0 Å². The Morgan fingerprint density at radius 3 is 2.56 bits per heavy atom. The van der Waals surface area contributed by atoms with Crippen LogP contribution in [-0.2, 0) is 24.4 Å². The van der Waals surface area contributed by atoms with E-state index in [4.69, 9.17) is 9.47 Å². The van der Waals surface area contributed by atoms with Gasteiger partial charge in [-0.3, -0.25) is 19.1 Å². The molecule has 3 fully saturated rings. The first kappa shape index (κ1) is 37.2. The van der Waals surface area contributed by atoms with Gasteiger partial charge in [-0.25, -0.2) is 27.0 Å². The zero-order valence-corrected chi connectivity index (χ0v) is 29.6. The number of ether oxygens (including phenoxy) is 2. The molecule has 0 spiro atoms. The van der Waals surface area contributed by atoms with Crippen LogP contribution in [0.1, 0.15) is 58.8 Å². The van der Waals surface area contributed by atoms with Crippen LogP contribution in [-0.4, -0.2) is 95.8 Å². The number of nitrogens with one attached hydrogen (secondary N) is 3. The fourth-order valence-electron chi connectivity index (χ4n) is 7.29. The van der Waals surface area contributed by atoms with Crippen molar-refractivity contribution in [2.24, 2.45) is 17.8 Å². The van der Waals surface area contributed by atoms with E-state index in [0.29, 0.717) is 42.9 Å². The van der Waals surface area contributed by atoms with Crippen LogP contribution in [0.5, 0.6) is 11.6 Å². The number of carboxylic acid groups (broad SMARTS) is 1. The quantitative estimate of drug-likeness (QED) is 0.277. The Bertz CT molecular complexity index is 1860. The monoisotopic (exact) mass is 747 g/mol. The number of carbonyl (C=O) groups is 4. The number of halogens is 2. The first-order chi connectivity index (χ1) is 24.7. The average Bonchev–Trinajstić information content (AvgIpc) is 4.01. The molecule has 52 heavy (non-hydrogen) atoms. The van der Waals surface area contributed by atoms with Gasteiger partial charge in [0.15, 0.2) is 0 Å². The van der Waals surface area contributed by atoms with Crippen LogP contribution in [0.2, 0.25) is 0 Å². The minimum Gasteiger partial charge on any atom is -0.485 e. The summed E-state index contributed by atoms with van der Waals surface area (Å²) in [6, 6.07) is 4.25. The summed E-state index contributed by atoms with van der Waals surface area (Å²) >= 11 is 0. The standard InChI is InChI=1S/C35H43F2N5O9S/c1-19-7-3-4-8-21-15-35(21,33(45)41-52(48,49)23-11-12-23)40-30(43)26-14-22(17-42(26)32(44)29(20(2)13-19)39-34(46)47)51-31-25-10-6-5-9-24(25)27(16-38-31)50-18-28(36)37/h4-6,8-10,16,19-23,26,28-29,39H,3,7,11-15,17-18H2,1-2H3,(H,40,43)(H,41,45)(H,46,47)/t19-,20+,21+,22+,26-,29-,35+/m0/s1. The number of sulfonamides is 1. The van der Waals surface area contributed by atoms with E-state index in [-0.39, 0.29) is 36.9 Å². The molecule has 2 aromatic rings. The van der Waals surface area contributed by atoms with Crippen molar-refractivity contribution in [1.82, 2.24) is 25.2 Å². The molecule has 2 saturated carbocycles. The second kappa shape index (κ2) is 14.8. The minimum atomic E-state index is -3.94. The van der Waals surface area contributed by atoms with Gasteiger partial charge in [-0.1, -0.05) is 44.2 Å². The highest BCUT2D eigenvalue weighted by atomic mass is 32.2. The molecular weight excluding hydrogens is 704 g/mol. The Morgan fingerprint density at radius 2 is 1.87 bits per heavy atom. The average molecular weight is 748 g/mol. The summed E-state index contributed by atoms with van der Waals surface area (Å²) in [6.07, 6.45) is 2.75. The molecule has 1 aromatic carbocycles. The Balaban J connectivity index is 1.32. The van der Waals surface area contributed by atoms with Gasteiger partial charge in [0.05, 0.1) is 18.0 Å². The van der Waals surface area contributed by atoms with Gasteiger partial charge >= 0.3 is 6.09 Å². The number of aromatic nitrogens is 1. The first-order valence-corrected chi connectivity index (χ1v) is 19.0. The second-order valence-electron chi connectivity index (χ2n) is 14.4. The summed E-state index contributed by atoms with van der Waals surface area (Å²) in [4.78, 5) is 59.7. The van der Waals surface area contributed by atoms with Gasteiger partial charge in [0.1, 0.15) is 36.1 Å². The molecule has 4 aliphatic rings. The number of carbonyl (C=O) groups excluding carboxylic acids is 3. The van der Waals surface area contributed by atoms with Crippen molar-refractivity contribution in [3.8, 4) is 11.6 Å². The van der Waals surface area contributed by atoms with E-state index in [1.165, 1.54) is 11.1 Å². The number of fused-ring (bicyclic) bond motifs is 3. The summed E-state index contributed by atoms with van der Waals surface area (Å²) in [5.41, 5.74) is -1.58. The van der Waals surface area contributed by atoms with Crippen LogP contribution in [0.3, 0.4) is 0 Å². The van der Waals surface area contributed by atoms with Crippen LogP contribution in [0.15, 0.2) is 42.6 Å². The molecule has 4 N–H and O–H groups in total. The Hall–Kier alpha value is -4.54. The van der Waals surface area contributed by atoms with E-state index in [2.05, 4.69) is 20.3 Å². The lowest BCUT2D eigenvalue weighted by Crippen LogP contribution is -2.59. The van der Waals surface area contributed by atoms with Crippen LogP contribution in [0, 0.1) is 17.8 Å². The smallest absolute Gasteiger partial charge is 0.405 e. The van der Waals surface area contributed by atoms with Gasteiger partial charge in [-0.15, -0.1) is 0 Å². The zero-order valence-electron chi connectivity index (χ0n) is 28.8. The summed E-state index contributed by atoms with van der Waals surface area (Å²) in [6.45, 7) is 2.77. The third-order valence-corrected chi connectivity index (χ3v) is 12.1. The Labute approximate surface area is 299 Å². The number of pyridine rings is 1. The molecule has 14 nitrogen and oxygen atoms in total. The van der Waals surface area contributed by atoms with Crippen LogP contribution in [0.25, 0.3) is 10.8 Å². The van der Waals surface area contributed by atoms with E-state index in [9.17, 15) is 41.5 Å². The van der Waals surface area contributed by atoms with E-state index < -0.39 is 87.7 Å². The van der Waals surface area contributed by atoms with Gasteiger partial charge in [-0.05, 0) is 56.4 Å². The maximum atomic E-state index is 14.3. The van der Waals surface area contributed by atoms with Crippen LogP contribution < -0.4 is 24.8 Å². The largest absolute Gasteiger partial charge is 0.485 e. The van der Waals surface area contributed by atoms with Gasteiger partial charge in [0, 0.05) is 23.1 Å². The predicted molar refractivity (Wildman–Crippen MR) is 183 cm³/mol. The van der Waals surface area contributed by atoms with Crippen molar-refractivity contribution in [3.63, 3.8) is 0 Å². The maximum Gasteiger partial charge on any atom is 0.405 e. The lowest BCUT2D eigenvalue weighted by Gasteiger charge is -2.32.